The molecule has 2 N–H and O–H groups in total. The van der Waals surface area contributed by atoms with E-state index in [9.17, 15) is 8.78 Å². The molecule has 0 aliphatic heterocycles. The molecule has 0 spiro atoms. The van der Waals surface area contributed by atoms with E-state index in [2.05, 4.69) is 25.1 Å². The van der Waals surface area contributed by atoms with Crippen LogP contribution in [0.3, 0.4) is 0 Å². The summed E-state index contributed by atoms with van der Waals surface area (Å²) in [4.78, 5) is 0. The first-order valence-electron chi connectivity index (χ1n) is 9.23. The molecule has 2 heterocycles. The molecule has 1 unspecified atom stereocenters. The molecule has 160 valence electrons. The number of alkyl halides is 2. The smallest absolute Gasteiger partial charge is 0.387 e. The van der Waals surface area contributed by atoms with E-state index in [1.807, 2.05) is 38.1 Å². The first-order valence-corrected chi connectivity index (χ1v) is 10.1. The second-order valence-corrected chi connectivity index (χ2v) is 7.96. The van der Waals surface area contributed by atoms with Crippen LogP contribution in [0.15, 0.2) is 58.1 Å². The summed E-state index contributed by atoms with van der Waals surface area (Å²) in [5, 5.41) is 16.7. The van der Waals surface area contributed by atoms with E-state index in [4.69, 9.17) is 10.3 Å². The van der Waals surface area contributed by atoms with Crippen molar-refractivity contribution in [1.29, 1.82) is 0 Å². The lowest BCUT2D eigenvalue weighted by Gasteiger charge is -2.07. The molecule has 0 fully saturated rings. The maximum atomic E-state index is 12.3. The highest BCUT2D eigenvalue weighted by Gasteiger charge is 2.21. The van der Waals surface area contributed by atoms with Gasteiger partial charge in [-0.05, 0) is 50.2 Å². The van der Waals surface area contributed by atoms with Crippen LogP contribution in [0.25, 0.3) is 22.8 Å². The van der Waals surface area contributed by atoms with Crippen LogP contribution >= 0.6 is 11.8 Å². The summed E-state index contributed by atoms with van der Waals surface area (Å²) in [7, 11) is 0. The molecule has 0 aliphatic rings. The largest absolute Gasteiger partial charge is 0.435 e. The van der Waals surface area contributed by atoms with Gasteiger partial charge in [-0.15, -0.1) is 20.4 Å². The molecule has 11 heteroatoms. The third-order valence-corrected chi connectivity index (χ3v) is 5.42. The highest BCUT2D eigenvalue weighted by atomic mass is 32.2. The van der Waals surface area contributed by atoms with E-state index in [0.29, 0.717) is 28.3 Å². The third-order valence-electron chi connectivity index (χ3n) is 4.37. The van der Waals surface area contributed by atoms with Crippen molar-refractivity contribution in [2.75, 3.05) is 5.84 Å². The maximum absolute atomic E-state index is 12.3. The molecule has 31 heavy (non-hydrogen) atoms. The van der Waals surface area contributed by atoms with Crippen molar-refractivity contribution in [3.05, 3.63) is 60.0 Å². The van der Waals surface area contributed by atoms with Gasteiger partial charge in [0.25, 0.3) is 0 Å². The van der Waals surface area contributed by atoms with Crippen LogP contribution < -0.4 is 10.6 Å². The van der Waals surface area contributed by atoms with Crippen LogP contribution in [0.5, 0.6) is 5.75 Å². The van der Waals surface area contributed by atoms with Crippen molar-refractivity contribution in [2.45, 2.75) is 30.9 Å². The molecule has 0 aliphatic carbocycles. The number of aryl methyl sites for hydroxylation is 1. The van der Waals surface area contributed by atoms with Gasteiger partial charge in [-0.1, -0.05) is 29.5 Å². The van der Waals surface area contributed by atoms with Gasteiger partial charge < -0.3 is 15.0 Å². The van der Waals surface area contributed by atoms with Crippen molar-refractivity contribution in [1.82, 2.24) is 25.1 Å². The van der Waals surface area contributed by atoms with Crippen LogP contribution in [-0.4, -0.2) is 31.7 Å². The average molecular weight is 444 g/mol. The minimum Gasteiger partial charge on any atom is -0.435 e. The van der Waals surface area contributed by atoms with Gasteiger partial charge >= 0.3 is 6.61 Å². The van der Waals surface area contributed by atoms with Crippen LogP contribution in [0.2, 0.25) is 0 Å². The fraction of sp³-hybridized carbons (Fsp3) is 0.200. The zero-order chi connectivity index (χ0) is 22.0. The van der Waals surface area contributed by atoms with E-state index in [1.54, 1.807) is 12.1 Å². The summed E-state index contributed by atoms with van der Waals surface area (Å²) in [5.74, 6) is 7.43. The topological polar surface area (TPSA) is 105 Å². The lowest BCUT2D eigenvalue weighted by molar-refractivity contribution is -0.0498. The highest BCUT2D eigenvalue weighted by Crippen LogP contribution is 2.35. The van der Waals surface area contributed by atoms with Gasteiger partial charge in [-0.3, -0.25) is 0 Å². The van der Waals surface area contributed by atoms with Crippen molar-refractivity contribution in [3.63, 3.8) is 0 Å². The number of halogens is 2. The first-order chi connectivity index (χ1) is 14.9. The third kappa shape index (κ3) is 4.66. The van der Waals surface area contributed by atoms with Crippen LogP contribution in [-0.2, 0) is 0 Å². The minimum atomic E-state index is -2.88. The van der Waals surface area contributed by atoms with Gasteiger partial charge in [-0.25, -0.2) is 4.68 Å². The normalized spacial score (nSPS) is 12.3. The van der Waals surface area contributed by atoms with E-state index in [0.717, 1.165) is 11.1 Å². The Balaban J connectivity index is 1.48. The predicted octanol–water partition coefficient (Wildman–Crippen LogP) is 4.47. The standard InChI is InChI=1S/C20H18F2N6O2S/c1-11-3-5-14(6-4-11)18-26-25-17(30-18)12(2)31-20-27-24-16(28(20)23)13-7-9-15(10-8-13)29-19(21)22/h3-10,12,19H,23H2,1-2H3. The zero-order valence-corrected chi connectivity index (χ0v) is 17.4. The fourth-order valence-electron chi connectivity index (χ4n) is 2.76. The predicted molar refractivity (Wildman–Crippen MR) is 111 cm³/mol. The lowest BCUT2D eigenvalue weighted by Crippen LogP contribution is -2.12. The van der Waals surface area contributed by atoms with Gasteiger partial charge in [0.15, 0.2) is 5.82 Å². The molecular weight excluding hydrogens is 426 g/mol. The number of thioether (sulfide) groups is 1. The monoisotopic (exact) mass is 444 g/mol. The Bertz CT molecular complexity index is 1160. The Labute approximate surface area is 180 Å². The van der Waals surface area contributed by atoms with E-state index >= 15 is 0 Å². The number of hydrogen-bond donors (Lipinski definition) is 1. The van der Waals surface area contributed by atoms with E-state index < -0.39 is 6.61 Å². The summed E-state index contributed by atoms with van der Waals surface area (Å²) < 4.78 is 36.1. The van der Waals surface area contributed by atoms with Crippen molar-refractivity contribution in [2.24, 2.45) is 0 Å². The Morgan fingerprint density at radius 2 is 1.65 bits per heavy atom. The fourth-order valence-corrected chi connectivity index (χ4v) is 3.56. The van der Waals surface area contributed by atoms with Gasteiger partial charge in [-0.2, -0.15) is 8.78 Å². The molecule has 0 amide bonds. The van der Waals surface area contributed by atoms with E-state index in [1.165, 1.54) is 28.6 Å². The summed E-state index contributed by atoms with van der Waals surface area (Å²) >= 11 is 1.31. The van der Waals surface area contributed by atoms with E-state index in [-0.39, 0.29) is 11.0 Å². The number of hydrogen-bond acceptors (Lipinski definition) is 8. The van der Waals surface area contributed by atoms with Gasteiger partial charge in [0.1, 0.15) is 5.75 Å². The first kappa shape index (κ1) is 20.8. The Morgan fingerprint density at radius 1 is 0.968 bits per heavy atom. The summed E-state index contributed by atoms with van der Waals surface area (Å²) in [6.45, 7) is 1.01. The second kappa shape index (κ2) is 8.72. The molecule has 0 bridgehead atoms. The Hall–Kier alpha value is -3.47. The molecule has 0 saturated carbocycles. The Morgan fingerprint density at radius 3 is 2.32 bits per heavy atom. The summed E-state index contributed by atoms with van der Waals surface area (Å²) in [5.41, 5.74) is 2.59. The number of rotatable bonds is 7. The molecule has 8 nitrogen and oxygen atoms in total. The number of aromatic nitrogens is 5. The molecule has 0 saturated heterocycles. The maximum Gasteiger partial charge on any atom is 0.387 e. The van der Waals surface area contributed by atoms with Gasteiger partial charge in [0.05, 0.1) is 5.25 Å². The zero-order valence-electron chi connectivity index (χ0n) is 16.6. The molecule has 0 radical (unpaired) electrons. The quantitative estimate of drug-likeness (QED) is 0.329. The SMILES string of the molecule is Cc1ccc(-c2nnc(C(C)Sc3nnc(-c4ccc(OC(F)F)cc4)n3N)o2)cc1. The highest BCUT2D eigenvalue weighted by molar-refractivity contribution is 7.99. The summed E-state index contributed by atoms with van der Waals surface area (Å²) in [6.07, 6.45) is 0. The molecule has 4 aromatic rings. The van der Waals surface area contributed by atoms with Gasteiger partial charge in [0, 0.05) is 11.1 Å². The van der Waals surface area contributed by atoms with Crippen LogP contribution in [0, 0.1) is 6.92 Å². The number of nitrogens with zero attached hydrogens (tertiary/aromatic N) is 5. The van der Waals surface area contributed by atoms with Crippen molar-refractivity contribution >= 4 is 11.8 Å². The van der Waals surface area contributed by atoms with Crippen LogP contribution in [0.4, 0.5) is 8.78 Å². The Kier molecular flexibility index (Phi) is 5.85. The van der Waals surface area contributed by atoms with Crippen molar-refractivity contribution in [3.8, 4) is 28.6 Å². The number of nitrogen functional groups attached to an aromatic ring is 1. The second-order valence-electron chi connectivity index (χ2n) is 6.65. The minimum absolute atomic E-state index is 0.0471. The molecular formula is C20H18F2N6O2S. The average Bonchev–Trinajstić information content (AvgIpc) is 3.37. The van der Waals surface area contributed by atoms with Crippen molar-refractivity contribution < 1.29 is 17.9 Å². The lowest BCUT2D eigenvalue weighted by atomic mass is 10.1. The van der Waals surface area contributed by atoms with Crippen LogP contribution in [0.1, 0.15) is 23.6 Å². The molecule has 2 aromatic carbocycles. The summed E-state index contributed by atoms with van der Waals surface area (Å²) in [6, 6.07) is 13.8. The number of ether oxygens (including phenoxy) is 1. The van der Waals surface area contributed by atoms with Gasteiger partial charge in [0.2, 0.25) is 16.9 Å². The number of nitrogens with two attached hydrogens (primary N) is 1. The number of benzene rings is 2. The molecule has 2 aromatic heterocycles. The molecule has 4 rings (SSSR count). The molecule has 1 atom stereocenters.